The molecule has 0 saturated heterocycles. The number of hydrogen-bond donors (Lipinski definition) is 1. The van der Waals surface area contributed by atoms with Crippen LogP contribution in [0.25, 0.3) is 0 Å². The third-order valence-corrected chi connectivity index (χ3v) is 6.16. The molecular formula is C23H31N3O3S. The van der Waals surface area contributed by atoms with E-state index in [2.05, 4.69) is 16.8 Å². The van der Waals surface area contributed by atoms with Crippen molar-refractivity contribution in [3.63, 3.8) is 0 Å². The third kappa shape index (κ3) is 5.33. The number of urea groups is 1. The lowest BCUT2D eigenvalue weighted by molar-refractivity contribution is -0.135. The van der Waals surface area contributed by atoms with Crippen LogP contribution < -0.4 is 10.1 Å². The van der Waals surface area contributed by atoms with E-state index < -0.39 is 0 Å². The maximum absolute atomic E-state index is 13.3. The van der Waals surface area contributed by atoms with Gasteiger partial charge in [0, 0.05) is 23.5 Å². The van der Waals surface area contributed by atoms with Crippen LogP contribution in [0.2, 0.25) is 0 Å². The highest BCUT2D eigenvalue weighted by molar-refractivity contribution is 7.10. The zero-order valence-electron chi connectivity index (χ0n) is 18.1. The van der Waals surface area contributed by atoms with Crippen LogP contribution in [0.5, 0.6) is 5.75 Å². The normalized spacial score (nSPS) is 15.8. The van der Waals surface area contributed by atoms with E-state index in [0.717, 1.165) is 17.7 Å². The van der Waals surface area contributed by atoms with E-state index >= 15 is 0 Å². The second kappa shape index (κ2) is 9.98. The maximum Gasteiger partial charge on any atom is 0.318 e. The first kappa shape index (κ1) is 22.2. The molecule has 3 amide bonds. The van der Waals surface area contributed by atoms with Crippen molar-refractivity contribution in [3.05, 3.63) is 52.2 Å². The van der Waals surface area contributed by atoms with Crippen LogP contribution in [0.1, 0.15) is 44.2 Å². The molecule has 30 heavy (non-hydrogen) atoms. The first-order valence-electron chi connectivity index (χ1n) is 10.5. The molecule has 162 valence electrons. The van der Waals surface area contributed by atoms with Crippen LogP contribution in [-0.4, -0.2) is 53.5 Å². The summed E-state index contributed by atoms with van der Waals surface area (Å²) in [4.78, 5) is 30.7. The summed E-state index contributed by atoms with van der Waals surface area (Å²) in [6.07, 6.45) is 0.834. The number of benzene rings is 1. The molecule has 0 fully saturated rings. The Morgan fingerprint density at radius 2 is 1.93 bits per heavy atom. The Hall–Kier alpha value is -2.54. The number of amides is 3. The lowest BCUT2D eigenvalue weighted by Gasteiger charge is -2.37. The number of rotatable bonds is 7. The number of carbonyl (C=O) groups is 2. The highest BCUT2D eigenvalue weighted by atomic mass is 32.1. The van der Waals surface area contributed by atoms with Crippen LogP contribution >= 0.6 is 11.3 Å². The summed E-state index contributed by atoms with van der Waals surface area (Å²) in [6, 6.07) is 11.3. The fraction of sp³-hybridized carbons (Fsp3) is 0.478. The van der Waals surface area contributed by atoms with Gasteiger partial charge in [0.15, 0.2) is 0 Å². The molecule has 6 nitrogen and oxygen atoms in total. The van der Waals surface area contributed by atoms with Gasteiger partial charge in [-0.25, -0.2) is 4.79 Å². The van der Waals surface area contributed by atoms with Gasteiger partial charge in [-0.05, 0) is 63.3 Å². The smallest absolute Gasteiger partial charge is 0.318 e. The second-order valence-electron chi connectivity index (χ2n) is 8.10. The van der Waals surface area contributed by atoms with Gasteiger partial charge in [-0.3, -0.25) is 4.79 Å². The predicted molar refractivity (Wildman–Crippen MR) is 120 cm³/mol. The molecule has 3 rings (SSSR count). The van der Waals surface area contributed by atoms with Gasteiger partial charge >= 0.3 is 6.03 Å². The summed E-state index contributed by atoms with van der Waals surface area (Å²) in [5, 5.41) is 4.97. The van der Waals surface area contributed by atoms with Crippen LogP contribution in [0.4, 0.5) is 4.79 Å². The highest BCUT2D eigenvalue weighted by Crippen LogP contribution is 2.34. The van der Waals surface area contributed by atoms with E-state index in [1.807, 2.05) is 62.9 Å². The monoisotopic (exact) mass is 429 g/mol. The Morgan fingerprint density at radius 3 is 2.60 bits per heavy atom. The molecule has 2 aromatic rings. The average Bonchev–Trinajstić information content (AvgIpc) is 3.19. The summed E-state index contributed by atoms with van der Waals surface area (Å²) in [5.41, 5.74) is 1.15. The topological polar surface area (TPSA) is 61.9 Å². The van der Waals surface area contributed by atoms with E-state index in [1.165, 1.54) is 4.88 Å². The van der Waals surface area contributed by atoms with Crippen molar-refractivity contribution in [2.24, 2.45) is 0 Å². The first-order chi connectivity index (χ1) is 14.4. The largest absolute Gasteiger partial charge is 0.491 e. The van der Waals surface area contributed by atoms with Crippen LogP contribution in [0, 0.1) is 0 Å². The van der Waals surface area contributed by atoms with E-state index in [9.17, 15) is 9.59 Å². The Morgan fingerprint density at radius 1 is 1.20 bits per heavy atom. The fourth-order valence-electron chi connectivity index (χ4n) is 3.62. The van der Waals surface area contributed by atoms with Gasteiger partial charge in [0.25, 0.3) is 0 Å². The Kier molecular flexibility index (Phi) is 7.37. The standard InChI is InChI=1S/C23H31N3O3S/c1-16(2)24-23(28)26(17(3)4)14-22(27)25-12-10-21-19(11-13-30-21)20(25)15-29-18-8-6-5-7-9-18/h5-9,11,13,16-17,20H,10,12,14-15H2,1-4H3,(H,24,28)/t20-/m1/s1. The van der Waals surface area contributed by atoms with Crippen LogP contribution in [-0.2, 0) is 11.2 Å². The zero-order chi connectivity index (χ0) is 21.7. The van der Waals surface area contributed by atoms with Gasteiger partial charge in [0.05, 0.1) is 6.04 Å². The van der Waals surface area contributed by atoms with E-state index in [0.29, 0.717) is 13.2 Å². The molecule has 0 aliphatic carbocycles. The van der Waals surface area contributed by atoms with Crippen molar-refractivity contribution >= 4 is 23.3 Å². The minimum Gasteiger partial charge on any atom is -0.491 e. The quantitative estimate of drug-likeness (QED) is 0.721. The van der Waals surface area contributed by atoms with E-state index in [-0.39, 0.29) is 36.6 Å². The van der Waals surface area contributed by atoms with E-state index in [4.69, 9.17) is 4.74 Å². The Balaban J connectivity index is 1.75. The minimum atomic E-state index is -0.210. The van der Waals surface area contributed by atoms with Gasteiger partial charge in [-0.2, -0.15) is 0 Å². The van der Waals surface area contributed by atoms with Crippen LogP contribution in [0.15, 0.2) is 41.8 Å². The molecule has 1 atom stereocenters. The Bertz CT molecular complexity index is 850. The van der Waals surface area contributed by atoms with Crippen LogP contribution in [0.3, 0.4) is 0 Å². The molecule has 0 bridgehead atoms. The minimum absolute atomic E-state index is 0.0178. The molecule has 1 aromatic carbocycles. The van der Waals surface area contributed by atoms with Crippen molar-refractivity contribution in [2.75, 3.05) is 19.7 Å². The molecule has 0 radical (unpaired) electrons. The van der Waals surface area contributed by atoms with Crippen molar-refractivity contribution in [1.82, 2.24) is 15.1 Å². The molecule has 1 aromatic heterocycles. The number of fused-ring (bicyclic) bond motifs is 1. The van der Waals surface area contributed by atoms with Crippen molar-refractivity contribution in [2.45, 2.75) is 52.2 Å². The lowest BCUT2D eigenvalue weighted by atomic mass is 10.0. The lowest BCUT2D eigenvalue weighted by Crippen LogP contribution is -2.52. The molecule has 1 aliphatic heterocycles. The number of ether oxygens (including phenoxy) is 1. The Labute approximate surface area is 182 Å². The van der Waals surface area contributed by atoms with E-state index in [1.54, 1.807) is 16.2 Å². The van der Waals surface area contributed by atoms with Gasteiger partial charge < -0.3 is 19.9 Å². The number of hydrogen-bond acceptors (Lipinski definition) is 4. The SMILES string of the molecule is CC(C)NC(=O)N(CC(=O)N1CCc2sccc2[C@H]1COc1ccccc1)C(C)C. The number of thiophene rings is 1. The molecule has 0 unspecified atom stereocenters. The number of para-hydroxylation sites is 1. The molecule has 2 heterocycles. The average molecular weight is 430 g/mol. The third-order valence-electron chi connectivity index (χ3n) is 5.17. The molecule has 1 N–H and O–H groups in total. The molecule has 0 spiro atoms. The van der Waals surface area contributed by atoms with Gasteiger partial charge in [-0.15, -0.1) is 11.3 Å². The summed E-state index contributed by atoms with van der Waals surface area (Å²) in [5.74, 6) is 0.730. The van der Waals surface area contributed by atoms with Crippen molar-refractivity contribution < 1.29 is 14.3 Å². The predicted octanol–water partition coefficient (Wildman–Crippen LogP) is 4.08. The number of nitrogens with one attached hydrogen (secondary N) is 1. The zero-order valence-corrected chi connectivity index (χ0v) is 18.9. The van der Waals surface area contributed by atoms with Gasteiger partial charge in [0.1, 0.15) is 18.9 Å². The van der Waals surface area contributed by atoms with Gasteiger partial charge in [-0.1, -0.05) is 18.2 Å². The summed E-state index contributed by atoms with van der Waals surface area (Å²) >= 11 is 1.73. The summed E-state index contributed by atoms with van der Waals surface area (Å²) in [6.45, 7) is 8.76. The first-order valence-corrected chi connectivity index (χ1v) is 11.4. The van der Waals surface area contributed by atoms with Gasteiger partial charge in [0.2, 0.25) is 5.91 Å². The van der Waals surface area contributed by atoms with Crippen molar-refractivity contribution in [3.8, 4) is 5.75 Å². The maximum atomic E-state index is 13.3. The van der Waals surface area contributed by atoms with Crippen molar-refractivity contribution in [1.29, 1.82) is 0 Å². The highest BCUT2D eigenvalue weighted by Gasteiger charge is 2.34. The summed E-state index contributed by atoms with van der Waals surface area (Å²) < 4.78 is 6.02. The second-order valence-corrected chi connectivity index (χ2v) is 9.10. The fourth-order valence-corrected chi connectivity index (χ4v) is 4.55. The summed E-state index contributed by atoms with van der Waals surface area (Å²) in [7, 11) is 0. The molecule has 7 heteroatoms. The molecular weight excluding hydrogens is 398 g/mol. The number of nitrogens with zero attached hydrogens (tertiary/aromatic N) is 2. The number of carbonyl (C=O) groups excluding carboxylic acids is 2. The molecule has 0 saturated carbocycles. The molecule has 1 aliphatic rings.